The Bertz CT molecular complexity index is 967. The molecule has 118 valence electrons. The molecule has 0 atom stereocenters. The number of carbonyl (C=O) groups is 1. The number of benzene rings is 1. The molecule has 0 saturated heterocycles. The summed E-state index contributed by atoms with van der Waals surface area (Å²) in [6.45, 7) is 0. The summed E-state index contributed by atoms with van der Waals surface area (Å²) in [6, 6.07) is 4.78. The van der Waals surface area contributed by atoms with Gasteiger partial charge in [-0.05, 0) is 25.0 Å². The lowest BCUT2D eigenvalue weighted by atomic mass is 10.1. The molecule has 1 aromatic carbocycles. The molecule has 4 rings (SSSR count). The zero-order valence-corrected chi connectivity index (χ0v) is 12.3. The number of hydrogen-bond donors (Lipinski definition) is 2. The van der Waals surface area contributed by atoms with E-state index >= 15 is 0 Å². The summed E-state index contributed by atoms with van der Waals surface area (Å²) in [5.41, 5.74) is 1.57. The zero-order chi connectivity index (χ0) is 16.0. The Morgan fingerprint density at radius 2 is 2.09 bits per heavy atom. The molecular weight excluding hydrogens is 298 g/mol. The van der Waals surface area contributed by atoms with Gasteiger partial charge in [0.25, 0.3) is 5.56 Å². The van der Waals surface area contributed by atoms with Crippen molar-refractivity contribution in [3.8, 4) is 5.75 Å². The molecule has 23 heavy (non-hydrogen) atoms. The summed E-state index contributed by atoms with van der Waals surface area (Å²) < 4.78 is 6.57. The number of aromatic amines is 1. The summed E-state index contributed by atoms with van der Waals surface area (Å²) in [6.07, 6.45) is 4.64. The van der Waals surface area contributed by atoms with Crippen molar-refractivity contribution in [1.82, 2.24) is 14.4 Å². The number of aromatic nitrogens is 3. The number of rotatable bonds is 2. The van der Waals surface area contributed by atoms with Crippen molar-refractivity contribution in [2.45, 2.75) is 31.6 Å². The normalized spacial score (nSPS) is 15.5. The van der Waals surface area contributed by atoms with Crippen molar-refractivity contribution in [2.24, 2.45) is 0 Å². The van der Waals surface area contributed by atoms with E-state index in [4.69, 9.17) is 9.84 Å². The number of hydrogen-bond acceptors (Lipinski definition) is 4. The maximum atomic E-state index is 12.2. The van der Waals surface area contributed by atoms with Crippen LogP contribution in [0.1, 0.15) is 37.4 Å². The second kappa shape index (κ2) is 5.12. The van der Waals surface area contributed by atoms with E-state index in [9.17, 15) is 9.59 Å². The number of imidazole rings is 1. The Kier molecular flexibility index (Phi) is 3.07. The molecule has 7 nitrogen and oxygen atoms in total. The molecule has 2 aromatic heterocycles. The first-order valence-corrected chi connectivity index (χ1v) is 7.57. The lowest BCUT2D eigenvalue weighted by Crippen LogP contribution is -2.12. The largest absolute Gasteiger partial charge is 0.511 e. The first kappa shape index (κ1) is 13.8. The topological polar surface area (TPSA) is 96.7 Å². The van der Waals surface area contributed by atoms with Crippen LogP contribution in [-0.4, -0.2) is 25.6 Å². The molecule has 7 heteroatoms. The van der Waals surface area contributed by atoms with Gasteiger partial charge >= 0.3 is 6.16 Å². The van der Waals surface area contributed by atoms with Crippen molar-refractivity contribution in [3.05, 3.63) is 40.6 Å². The third-order valence-electron chi connectivity index (χ3n) is 4.41. The molecule has 0 aliphatic heterocycles. The Labute approximate surface area is 130 Å². The molecule has 2 heterocycles. The fourth-order valence-electron chi connectivity index (χ4n) is 3.40. The highest BCUT2D eigenvalue weighted by atomic mass is 16.7. The van der Waals surface area contributed by atoms with Crippen LogP contribution in [-0.2, 0) is 0 Å². The van der Waals surface area contributed by atoms with Crippen LogP contribution >= 0.6 is 0 Å². The highest BCUT2D eigenvalue weighted by Gasteiger charge is 2.23. The molecule has 3 aromatic rings. The van der Waals surface area contributed by atoms with Crippen molar-refractivity contribution in [2.75, 3.05) is 0 Å². The van der Waals surface area contributed by atoms with Crippen LogP contribution in [0.25, 0.3) is 16.6 Å². The summed E-state index contributed by atoms with van der Waals surface area (Å²) in [5.74, 6) is 1.40. The fraction of sp³-hybridized carbons (Fsp3) is 0.312. The van der Waals surface area contributed by atoms with Gasteiger partial charge in [0.2, 0.25) is 0 Å². The summed E-state index contributed by atoms with van der Waals surface area (Å²) in [7, 11) is 0. The third kappa shape index (κ3) is 2.25. The van der Waals surface area contributed by atoms with E-state index in [0.29, 0.717) is 22.5 Å². The Hall–Kier alpha value is -2.83. The Balaban J connectivity index is 2.01. The van der Waals surface area contributed by atoms with Crippen LogP contribution in [0.15, 0.2) is 29.2 Å². The van der Waals surface area contributed by atoms with Gasteiger partial charge in [0.15, 0.2) is 0 Å². The number of nitrogens with one attached hydrogen (secondary N) is 1. The minimum atomic E-state index is -1.37. The Morgan fingerprint density at radius 3 is 2.83 bits per heavy atom. The SMILES string of the molecule is O=C(O)Oc1ccc2[nH]c(=O)c3cnc(C4CCCC4)n3c2c1. The monoisotopic (exact) mass is 313 g/mol. The van der Waals surface area contributed by atoms with E-state index in [1.54, 1.807) is 18.3 Å². The highest BCUT2D eigenvalue weighted by molar-refractivity contribution is 5.80. The van der Waals surface area contributed by atoms with Gasteiger partial charge in [-0.2, -0.15) is 0 Å². The lowest BCUT2D eigenvalue weighted by molar-refractivity contribution is 0.144. The number of fused-ring (bicyclic) bond motifs is 3. The van der Waals surface area contributed by atoms with Crippen LogP contribution < -0.4 is 10.3 Å². The molecule has 0 unspecified atom stereocenters. The van der Waals surface area contributed by atoms with Crippen molar-refractivity contribution in [1.29, 1.82) is 0 Å². The van der Waals surface area contributed by atoms with Gasteiger partial charge in [-0.25, -0.2) is 9.78 Å². The van der Waals surface area contributed by atoms with E-state index in [1.165, 1.54) is 6.07 Å². The van der Waals surface area contributed by atoms with Gasteiger partial charge in [-0.1, -0.05) is 12.8 Å². The molecule has 1 saturated carbocycles. The molecule has 2 N–H and O–H groups in total. The van der Waals surface area contributed by atoms with Crippen LogP contribution in [0.3, 0.4) is 0 Å². The minimum absolute atomic E-state index is 0.207. The van der Waals surface area contributed by atoms with Crippen molar-refractivity contribution < 1.29 is 14.6 Å². The molecule has 1 aliphatic carbocycles. The Morgan fingerprint density at radius 1 is 1.30 bits per heavy atom. The van der Waals surface area contributed by atoms with Crippen LogP contribution in [0.2, 0.25) is 0 Å². The smallest absolute Gasteiger partial charge is 0.449 e. The average molecular weight is 313 g/mol. The summed E-state index contributed by atoms with van der Waals surface area (Å²) in [5, 5.41) is 8.78. The van der Waals surface area contributed by atoms with E-state index < -0.39 is 6.16 Å². The second-order valence-corrected chi connectivity index (χ2v) is 5.82. The van der Waals surface area contributed by atoms with Crippen LogP contribution in [0.4, 0.5) is 4.79 Å². The van der Waals surface area contributed by atoms with Crippen molar-refractivity contribution >= 4 is 22.7 Å². The summed E-state index contributed by atoms with van der Waals surface area (Å²) >= 11 is 0. The van der Waals surface area contributed by atoms with Gasteiger partial charge in [0, 0.05) is 12.0 Å². The molecule has 0 bridgehead atoms. The third-order valence-corrected chi connectivity index (χ3v) is 4.41. The van der Waals surface area contributed by atoms with Crippen molar-refractivity contribution in [3.63, 3.8) is 0 Å². The van der Waals surface area contributed by atoms with Gasteiger partial charge in [0.1, 0.15) is 17.1 Å². The van der Waals surface area contributed by atoms with Crippen LogP contribution in [0.5, 0.6) is 5.75 Å². The maximum Gasteiger partial charge on any atom is 0.511 e. The quantitative estimate of drug-likeness (QED) is 0.560. The van der Waals surface area contributed by atoms with E-state index in [0.717, 1.165) is 31.5 Å². The van der Waals surface area contributed by atoms with E-state index in [2.05, 4.69) is 9.97 Å². The van der Waals surface area contributed by atoms with Gasteiger partial charge in [-0.15, -0.1) is 0 Å². The van der Waals surface area contributed by atoms with E-state index in [1.807, 2.05) is 4.40 Å². The van der Waals surface area contributed by atoms with Gasteiger partial charge in [-0.3, -0.25) is 9.20 Å². The number of carboxylic acid groups (broad SMARTS) is 1. The van der Waals surface area contributed by atoms with E-state index in [-0.39, 0.29) is 11.3 Å². The van der Waals surface area contributed by atoms with Crippen LogP contribution in [0, 0.1) is 0 Å². The zero-order valence-electron chi connectivity index (χ0n) is 12.3. The molecule has 1 fully saturated rings. The first-order valence-electron chi connectivity index (χ1n) is 7.57. The predicted molar refractivity (Wildman–Crippen MR) is 83.2 cm³/mol. The lowest BCUT2D eigenvalue weighted by Gasteiger charge is -2.11. The highest BCUT2D eigenvalue weighted by Crippen LogP contribution is 2.34. The molecule has 0 spiro atoms. The number of nitrogens with zero attached hydrogens (tertiary/aromatic N) is 2. The first-order chi connectivity index (χ1) is 11.1. The number of H-pyrrole nitrogens is 1. The molecular formula is C16H15N3O4. The minimum Gasteiger partial charge on any atom is -0.449 e. The van der Waals surface area contributed by atoms with Gasteiger partial charge in [0.05, 0.1) is 17.2 Å². The molecule has 1 aliphatic rings. The molecule has 0 amide bonds. The second-order valence-electron chi connectivity index (χ2n) is 5.82. The standard InChI is InChI=1S/C16H15N3O4/c20-15-13-8-17-14(9-3-1-2-4-9)19(13)12-7-10(23-16(21)22)5-6-11(12)18-15/h5-9H,1-4H2,(H,18,20)(H,21,22). The maximum absolute atomic E-state index is 12.2. The number of ether oxygens (including phenoxy) is 1. The average Bonchev–Trinajstić information content (AvgIpc) is 3.16. The predicted octanol–water partition coefficient (Wildman–Crippen LogP) is 2.89. The summed E-state index contributed by atoms with van der Waals surface area (Å²) in [4.78, 5) is 30.3. The fourth-order valence-corrected chi connectivity index (χ4v) is 3.40. The molecule has 0 radical (unpaired) electrons. The van der Waals surface area contributed by atoms with Gasteiger partial charge < -0.3 is 14.8 Å².